The molecule has 4 amide bonds. The lowest BCUT2D eigenvalue weighted by atomic mass is 10.1. The lowest BCUT2D eigenvalue weighted by Crippen LogP contribution is -2.43. The highest BCUT2D eigenvalue weighted by molar-refractivity contribution is 6.30. The second-order valence-corrected chi connectivity index (χ2v) is 6.10. The van der Waals surface area contributed by atoms with E-state index in [-0.39, 0.29) is 35.8 Å². The average Bonchev–Trinajstić information content (AvgIpc) is 2.82. The third kappa shape index (κ3) is 4.14. The van der Waals surface area contributed by atoms with Crippen molar-refractivity contribution in [3.63, 3.8) is 0 Å². The normalized spacial score (nSPS) is 14.0. The van der Waals surface area contributed by atoms with E-state index in [4.69, 9.17) is 11.6 Å². The second-order valence-electron chi connectivity index (χ2n) is 5.44. The molecular weight excluding hydrogens is 368 g/mol. The van der Waals surface area contributed by atoms with Crippen molar-refractivity contribution in [3.05, 3.63) is 39.4 Å². The Hall–Kier alpha value is -3.01. The summed E-state index contributed by atoms with van der Waals surface area (Å²) in [6, 6.07) is 3.32. The maximum absolute atomic E-state index is 12.2. The lowest BCUT2D eigenvalue weighted by Gasteiger charge is -2.14. The van der Waals surface area contributed by atoms with Gasteiger partial charge >= 0.3 is 0 Å². The number of carbonyl (C=O) groups is 4. The number of rotatable bonds is 7. The summed E-state index contributed by atoms with van der Waals surface area (Å²) < 4.78 is 0. The maximum Gasteiger partial charge on any atom is 0.270 e. The van der Waals surface area contributed by atoms with Crippen LogP contribution in [-0.4, -0.2) is 58.5 Å². The Balaban J connectivity index is 1.93. The molecule has 0 saturated heterocycles. The third-order valence-electron chi connectivity index (χ3n) is 3.57. The van der Waals surface area contributed by atoms with Crippen LogP contribution in [0.5, 0.6) is 0 Å². The first-order valence-electron chi connectivity index (χ1n) is 7.55. The van der Waals surface area contributed by atoms with Crippen LogP contribution in [0.1, 0.15) is 27.6 Å². The molecule has 1 heterocycles. The molecule has 26 heavy (non-hydrogen) atoms. The fourth-order valence-electron chi connectivity index (χ4n) is 2.26. The van der Waals surface area contributed by atoms with Crippen molar-refractivity contribution in [2.45, 2.75) is 12.3 Å². The summed E-state index contributed by atoms with van der Waals surface area (Å²) in [6.07, 6.45) is 0. The van der Waals surface area contributed by atoms with Crippen molar-refractivity contribution in [1.82, 2.24) is 15.5 Å². The van der Waals surface area contributed by atoms with E-state index in [2.05, 4.69) is 10.6 Å². The number of amides is 4. The molecule has 2 N–H and O–H groups in total. The van der Waals surface area contributed by atoms with E-state index in [9.17, 15) is 29.3 Å². The van der Waals surface area contributed by atoms with Gasteiger partial charge in [-0.15, -0.1) is 11.6 Å². The van der Waals surface area contributed by atoms with Gasteiger partial charge < -0.3 is 10.6 Å². The largest absolute Gasteiger partial charge is 0.353 e. The molecule has 1 aliphatic rings. The van der Waals surface area contributed by atoms with Crippen LogP contribution in [0.25, 0.3) is 0 Å². The second kappa shape index (κ2) is 7.91. The summed E-state index contributed by atoms with van der Waals surface area (Å²) in [5.74, 6) is -2.46. The van der Waals surface area contributed by atoms with Crippen LogP contribution in [0.3, 0.4) is 0 Å². The summed E-state index contributed by atoms with van der Waals surface area (Å²) in [7, 11) is 0. The molecule has 0 aliphatic carbocycles. The fourth-order valence-corrected chi connectivity index (χ4v) is 2.34. The van der Waals surface area contributed by atoms with Crippen molar-refractivity contribution < 1.29 is 24.1 Å². The van der Waals surface area contributed by atoms with E-state index in [1.54, 1.807) is 0 Å². The number of nitrogens with zero attached hydrogens (tertiary/aromatic N) is 2. The first kappa shape index (κ1) is 19.3. The predicted molar refractivity (Wildman–Crippen MR) is 89.8 cm³/mol. The Morgan fingerprint density at radius 2 is 1.81 bits per heavy atom. The van der Waals surface area contributed by atoms with E-state index in [0.29, 0.717) is 4.90 Å². The Labute approximate surface area is 152 Å². The van der Waals surface area contributed by atoms with E-state index < -0.39 is 34.6 Å². The van der Waals surface area contributed by atoms with Crippen LogP contribution in [0, 0.1) is 10.1 Å². The SMILES string of the molecule is CC(Cl)C(=O)NCCNC(=O)CN1C(=O)c2ccc([N+](=O)[O-])cc2C1=O. The molecule has 1 unspecified atom stereocenters. The molecule has 0 spiro atoms. The molecule has 0 aromatic heterocycles. The number of nitro benzene ring substituents is 1. The van der Waals surface area contributed by atoms with Crippen molar-refractivity contribution in [2.75, 3.05) is 19.6 Å². The van der Waals surface area contributed by atoms with Crippen LogP contribution in [0.15, 0.2) is 18.2 Å². The van der Waals surface area contributed by atoms with Gasteiger partial charge in [-0.1, -0.05) is 0 Å². The predicted octanol–water partition coefficient (Wildman–Crippen LogP) is 0.0505. The van der Waals surface area contributed by atoms with Crippen LogP contribution in [0.2, 0.25) is 0 Å². The van der Waals surface area contributed by atoms with Gasteiger partial charge in [-0.05, 0) is 13.0 Å². The van der Waals surface area contributed by atoms with Crippen LogP contribution >= 0.6 is 11.6 Å². The van der Waals surface area contributed by atoms with Gasteiger partial charge in [0.1, 0.15) is 11.9 Å². The fraction of sp³-hybridized carbons (Fsp3) is 0.333. The molecule has 1 atom stereocenters. The van der Waals surface area contributed by atoms with Gasteiger partial charge in [0.2, 0.25) is 11.8 Å². The number of benzene rings is 1. The standard InChI is InChI=1S/C15H15ClN4O6/c1-8(16)13(22)18-5-4-17-12(21)7-19-14(23)10-3-2-9(20(25)26)6-11(10)15(19)24/h2-3,6,8H,4-5,7H2,1H3,(H,17,21)(H,18,22). The molecule has 0 radical (unpaired) electrons. The summed E-state index contributed by atoms with van der Waals surface area (Å²) in [5.41, 5.74) is -0.419. The minimum Gasteiger partial charge on any atom is -0.353 e. The van der Waals surface area contributed by atoms with Gasteiger partial charge in [0.05, 0.1) is 16.1 Å². The first-order valence-corrected chi connectivity index (χ1v) is 7.99. The summed E-state index contributed by atoms with van der Waals surface area (Å²) >= 11 is 5.57. The van der Waals surface area contributed by atoms with E-state index >= 15 is 0 Å². The van der Waals surface area contributed by atoms with E-state index in [0.717, 1.165) is 12.1 Å². The van der Waals surface area contributed by atoms with Crippen molar-refractivity contribution in [3.8, 4) is 0 Å². The quantitative estimate of drug-likeness (QED) is 0.224. The number of hydrogen-bond donors (Lipinski definition) is 2. The molecule has 1 aromatic rings. The molecule has 2 rings (SSSR count). The molecule has 11 heteroatoms. The number of nitro groups is 1. The maximum atomic E-state index is 12.2. The number of halogens is 1. The Bertz CT molecular complexity index is 794. The number of imide groups is 1. The average molecular weight is 383 g/mol. The molecule has 10 nitrogen and oxygen atoms in total. The van der Waals surface area contributed by atoms with E-state index in [1.807, 2.05) is 0 Å². The summed E-state index contributed by atoms with van der Waals surface area (Å²) in [5, 5.41) is 15.0. The monoisotopic (exact) mass is 382 g/mol. The highest BCUT2D eigenvalue weighted by atomic mass is 35.5. The number of hydrogen-bond acceptors (Lipinski definition) is 6. The molecule has 1 aromatic carbocycles. The van der Waals surface area contributed by atoms with Gasteiger partial charge in [-0.2, -0.15) is 0 Å². The Kier molecular flexibility index (Phi) is 5.88. The highest BCUT2D eigenvalue weighted by Crippen LogP contribution is 2.26. The minimum absolute atomic E-state index is 0.0109. The molecular formula is C15H15ClN4O6. The van der Waals surface area contributed by atoms with Gasteiger partial charge in [0, 0.05) is 25.2 Å². The topological polar surface area (TPSA) is 139 Å². The Morgan fingerprint density at radius 3 is 2.42 bits per heavy atom. The Morgan fingerprint density at radius 1 is 1.19 bits per heavy atom. The summed E-state index contributed by atoms with van der Waals surface area (Å²) in [4.78, 5) is 58.4. The zero-order valence-corrected chi connectivity index (χ0v) is 14.4. The highest BCUT2D eigenvalue weighted by Gasteiger charge is 2.37. The van der Waals surface area contributed by atoms with Crippen LogP contribution < -0.4 is 10.6 Å². The molecule has 138 valence electrons. The lowest BCUT2D eigenvalue weighted by molar-refractivity contribution is -0.384. The molecule has 1 aliphatic heterocycles. The van der Waals surface area contributed by atoms with Gasteiger partial charge in [0.25, 0.3) is 17.5 Å². The van der Waals surface area contributed by atoms with Gasteiger partial charge in [-0.3, -0.25) is 34.2 Å². The van der Waals surface area contributed by atoms with E-state index in [1.165, 1.54) is 13.0 Å². The minimum atomic E-state index is -0.770. The van der Waals surface area contributed by atoms with Crippen molar-refractivity contribution >= 4 is 40.9 Å². The molecule has 0 bridgehead atoms. The molecule has 0 fully saturated rings. The van der Waals surface area contributed by atoms with Gasteiger partial charge in [-0.25, -0.2) is 0 Å². The number of nitrogens with one attached hydrogen (secondary N) is 2. The molecule has 0 saturated carbocycles. The van der Waals surface area contributed by atoms with Crippen LogP contribution in [0.4, 0.5) is 5.69 Å². The smallest absolute Gasteiger partial charge is 0.270 e. The third-order valence-corrected chi connectivity index (χ3v) is 3.77. The summed E-state index contributed by atoms with van der Waals surface area (Å²) in [6.45, 7) is 1.20. The van der Waals surface area contributed by atoms with Gasteiger partial charge in [0.15, 0.2) is 0 Å². The van der Waals surface area contributed by atoms with Crippen molar-refractivity contribution in [1.29, 1.82) is 0 Å². The number of fused-ring (bicyclic) bond motifs is 1. The number of carbonyl (C=O) groups excluding carboxylic acids is 4. The van der Waals surface area contributed by atoms with Crippen molar-refractivity contribution in [2.24, 2.45) is 0 Å². The first-order chi connectivity index (χ1) is 12.2. The number of alkyl halides is 1. The van der Waals surface area contributed by atoms with Crippen LogP contribution in [-0.2, 0) is 9.59 Å². The zero-order chi connectivity index (χ0) is 19.4. The zero-order valence-electron chi connectivity index (χ0n) is 13.7. The number of non-ortho nitro benzene ring substituents is 1.